The average molecular weight is 307 g/mol. The van der Waals surface area contributed by atoms with Crippen LogP contribution < -0.4 is 5.09 Å². The maximum atomic E-state index is 11.7. The van der Waals surface area contributed by atoms with E-state index < -0.39 is 19.4 Å². The topological polar surface area (TPSA) is 77.0 Å². The third kappa shape index (κ3) is 3.41. The van der Waals surface area contributed by atoms with Crippen molar-refractivity contribution in [3.05, 3.63) is 0 Å². The molecule has 3 unspecified atom stereocenters. The van der Waals surface area contributed by atoms with Crippen molar-refractivity contribution in [1.82, 2.24) is 5.09 Å². The zero-order valence-electron chi connectivity index (χ0n) is 11.2. The fourth-order valence-electron chi connectivity index (χ4n) is 2.68. The van der Waals surface area contributed by atoms with Gasteiger partial charge in [-0.25, -0.2) is 9.65 Å². The van der Waals surface area contributed by atoms with Crippen molar-refractivity contribution in [3.8, 4) is 0 Å². The second-order valence-electron chi connectivity index (χ2n) is 5.05. The lowest BCUT2D eigenvalue weighted by molar-refractivity contribution is -0.0917. The van der Waals surface area contributed by atoms with Crippen LogP contribution in [0, 0.1) is 5.92 Å². The summed E-state index contributed by atoms with van der Waals surface area (Å²) in [6.07, 6.45) is 1.19. The molecule has 6 atom stereocenters. The van der Waals surface area contributed by atoms with E-state index >= 15 is 0 Å². The first-order chi connectivity index (χ1) is 8.90. The summed E-state index contributed by atoms with van der Waals surface area (Å²) in [5.41, 5.74) is -0.720. The summed E-state index contributed by atoms with van der Waals surface area (Å²) < 4.78 is 28.5. The molecule has 2 heterocycles. The van der Waals surface area contributed by atoms with Crippen molar-refractivity contribution >= 4 is 24.4 Å². The molecule has 0 bridgehead atoms. The molecule has 1 spiro atoms. The molecule has 108 valence electrons. The van der Waals surface area contributed by atoms with Crippen molar-refractivity contribution < 1.29 is 23.2 Å². The molecule has 2 aliphatic heterocycles. The zero-order chi connectivity index (χ0) is 14.1. The van der Waals surface area contributed by atoms with Crippen molar-refractivity contribution in [3.63, 3.8) is 0 Å². The van der Waals surface area contributed by atoms with Gasteiger partial charge in [0.15, 0.2) is 0 Å². The van der Waals surface area contributed by atoms with Crippen LogP contribution in [0.15, 0.2) is 0 Å². The Kier molecular flexibility index (Phi) is 5.11. The predicted octanol–water partition coefficient (Wildman–Crippen LogP) is 0.995. The standard InChI is InChI=1S/C10H20BNO5P2/c1-7-8(17-18-2)10(16-9(7)11)4-3-5-12-19(13,14)15-6-10/h7-9,18H,3-6H2,1-2H3,(H2,12,13,14)/t7-,8?,9+,10+/m0/s1. The first-order valence-corrected chi connectivity index (χ1v) is 9.37. The monoisotopic (exact) mass is 307 g/mol. The maximum absolute atomic E-state index is 11.7. The Bertz CT molecular complexity index is 374. The SMILES string of the molecule is [B][C@@H]1O[C@@]2(CCCNP(=O)(O)OC2)C(OPC)[C@@H]1C. The lowest BCUT2D eigenvalue weighted by Crippen LogP contribution is -2.47. The molecule has 0 aromatic rings. The number of ether oxygens (including phenoxy) is 1. The molecule has 0 aromatic carbocycles. The molecule has 2 radical (unpaired) electrons. The lowest BCUT2D eigenvalue weighted by atomic mass is 9.82. The van der Waals surface area contributed by atoms with Crippen molar-refractivity contribution in [2.45, 2.75) is 37.5 Å². The van der Waals surface area contributed by atoms with E-state index in [1.54, 1.807) is 0 Å². The Morgan fingerprint density at radius 3 is 3.05 bits per heavy atom. The van der Waals surface area contributed by atoms with Crippen LogP contribution in [-0.2, 0) is 18.3 Å². The van der Waals surface area contributed by atoms with Crippen LogP contribution in [0.1, 0.15) is 19.8 Å². The molecule has 2 saturated heterocycles. The molecular formula is C10H20BNO5P2. The highest BCUT2D eigenvalue weighted by Crippen LogP contribution is 2.47. The smallest absolute Gasteiger partial charge is 0.376 e. The fourth-order valence-corrected chi connectivity index (χ4v) is 4.29. The van der Waals surface area contributed by atoms with Gasteiger partial charge in [0.2, 0.25) is 0 Å². The summed E-state index contributed by atoms with van der Waals surface area (Å²) in [6.45, 7) is 4.33. The van der Waals surface area contributed by atoms with Gasteiger partial charge in [0.25, 0.3) is 0 Å². The zero-order valence-corrected chi connectivity index (χ0v) is 13.1. The highest BCUT2D eigenvalue weighted by molar-refractivity contribution is 7.50. The van der Waals surface area contributed by atoms with Crippen LogP contribution >= 0.6 is 16.6 Å². The van der Waals surface area contributed by atoms with Crippen molar-refractivity contribution in [1.29, 1.82) is 0 Å². The van der Waals surface area contributed by atoms with Crippen molar-refractivity contribution in [2.24, 2.45) is 5.92 Å². The van der Waals surface area contributed by atoms with Crippen LogP contribution in [0.5, 0.6) is 0 Å². The Morgan fingerprint density at radius 1 is 1.63 bits per heavy atom. The number of hydrogen-bond acceptors (Lipinski definition) is 4. The number of nitrogens with one attached hydrogen (secondary N) is 1. The van der Waals surface area contributed by atoms with Crippen LogP contribution in [0.3, 0.4) is 0 Å². The van der Waals surface area contributed by atoms with E-state index in [1.807, 2.05) is 13.6 Å². The van der Waals surface area contributed by atoms with E-state index in [-0.39, 0.29) is 18.6 Å². The molecular weight excluding hydrogens is 287 g/mol. The van der Waals surface area contributed by atoms with E-state index in [0.29, 0.717) is 28.2 Å². The number of rotatable bonds is 2. The second-order valence-corrected chi connectivity index (χ2v) is 7.31. The van der Waals surface area contributed by atoms with Gasteiger partial charge in [0.1, 0.15) is 13.4 Å². The third-order valence-corrected chi connectivity index (χ3v) is 5.29. The van der Waals surface area contributed by atoms with Crippen LogP contribution in [-0.4, -0.2) is 50.3 Å². The summed E-state index contributed by atoms with van der Waals surface area (Å²) in [7, 11) is 2.52. The highest BCUT2D eigenvalue weighted by Gasteiger charge is 2.53. The minimum absolute atomic E-state index is 0.0148. The summed E-state index contributed by atoms with van der Waals surface area (Å²) in [4.78, 5) is 9.57. The van der Waals surface area contributed by atoms with Gasteiger partial charge in [-0.3, -0.25) is 4.52 Å². The third-order valence-electron chi connectivity index (χ3n) is 3.70. The number of hydrogen-bond donors (Lipinski definition) is 2. The first-order valence-electron chi connectivity index (χ1n) is 6.38. The molecule has 2 N–H and O–H groups in total. The van der Waals surface area contributed by atoms with Crippen LogP contribution in [0.25, 0.3) is 0 Å². The first kappa shape index (κ1) is 15.9. The summed E-state index contributed by atoms with van der Waals surface area (Å²) in [6, 6.07) is -0.435. The normalized spacial score (nSPS) is 48.7. The molecule has 0 saturated carbocycles. The van der Waals surface area contributed by atoms with Gasteiger partial charge in [-0.2, -0.15) is 0 Å². The molecule has 0 aromatic heterocycles. The van der Waals surface area contributed by atoms with Crippen LogP contribution in [0.2, 0.25) is 0 Å². The Balaban J connectivity index is 2.20. The molecule has 19 heavy (non-hydrogen) atoms. The molecule has 9 heteroatoms. The quantitative estimate of drug-likeness (QED) is 0.585. The molecule has 0 amide bonds. The molecule has 0 aliphatic carbocycles. The van der Waals surface area contributed by atoms with E-state index in [1.165, 1.54) is 0 Å². The molecule has 6 nitrogen and oxygen atoms in total. The Labute approximate surface area is 116 Å². The molecule has 2 aliphatic rings. The maximum Gasteiger partial charge on any atom is 0.403 e. The van der Waals surface area contributed by atoms with Gasteiger partial charge in [-0.1, -0.05) is 6.92 Å². The summed E-state index contributed by atoms with van der Waals surface area (Å²) in [5, 5.41) is 2.50. The minimum atomic E-state index is -3.75. The lowest BCUT2D eigenvalue weighted by Gasteiger charge is -2.37. The second kappa shape index (κ2) is 6.11. The van der Waals surface area contributed by atoms with Gasteiger partial charge in [-0.15, -0.1) is 0 Å². The highest BCUT2D eigenvalue weighted by atomic mass is 31.2. The largest absolute Gasteiger partial charge is 0.403 e. The van der Waals surface area contributed by atoms with Gasteiger partial charge < -0.3 is 14.2 Å². The van der Waals surface area contributed by atoms with Gasteiger partial charge >= 0.3 is 7.75 Å². The van der Waals surface area contributed by atoms with Crippen LogP contribution in [0.4, 0.5) is 0 Å². The summed E-state index contributed by atoms with van der Waals surface area (Å²) >= 11 is 0. The van der Waals surface area contributed by atoms with Crippen molar-refractivity contribution in [2.75, 3.05) is 19.8 Å². The van der Waals surface area contributed by atoms with E-state index in [0.717, 1.165) is 0 Å². The fraction of sp³-hybridized carbons (Fsp3) is 1.00. The van der Waals surface area contributed by atoms with Gasteiger partial charge in [0.05, 0.1) is 12.7 Å². The van der Waals surface area contributed by atoms with E-state index in [9.17, 15) is 9.46 Å². The Hall–Kier alpha value is 0.525. The molecule has 2 rings (SSSR count). The Morgan fingerprint density at radius 2 is 2.37 bits per heavy atom. The van der Waals surface area contributed by atoms with E-state index in [2.05, 4.69) is 5.09 Å². The molecule has 2 fully saturated rings. The predicted molar refractivity (Wildman–Crippen MR) is 74.6 cm³/mol. The summed E-state index contributed by atoms with van der Waals surface area (Å²) in [5.74, 6) is 0.0292. The van der Waals surface area contributed by atoms with Gasteiger partial charge in [0, 0.05) is 27.3 Å². The van der Waals surface area contributed by atoms with E-state index in [4.69, 9.17) is 21.6 Å². The van der Waals surface area contributed by atoms with Gasteiger partial charge in [-0.05, 0) is 19.5 Å². The minimum Gasteiger partial charge on any atom is -0.376 e. The average Bonchev–Trinajstić information content (AvgIpc) is 2.57.